The fraction of sp³-hybridized carbons (Fsp3) is 0.500. The molecule has 1 aromatic rings. The number of benzene rings is 1. The maximum Gasteiger partial charge on any atom is 0.195 e. The molecule has 3 nitrogen and oxygen atoms in total. The standard InChI is InChI=1S/C12H16FNO2/c13-11-4-2-10(3-5-11)12(6-7-14)15-8-1-9-16-12/h2-5H,1,6-9,14H2. The van der Waals surface area contributed by atoms with Crippen LogP contribution < -0.4 is 5.73 Å². The van der Waals surface area contributed by atoms with Crippen molar-refractivity contribution in [3.05, 3.63) is 35.6 Å². The molecule has 16 heavy (non-hydrogen) atoms. The van der Waals surface area contributed by atoms with Gasteiger partial charge in [0.1, 0.15) is 5.82 Å². The Hall–Kier alpha value is -0.970. The van der Waals surface area contributed by atoms with Crippen LogP contribution >= 0.6 is 0 Å². The van der Waals surface area contributed by atoms with Crippen LogP contribution in [0.3, 0.4) is 0 Å². The molecule has 88 valence electrons. The first-order valence-corrected chi connectivity index (χ1v) is 5.51. The molecule has 0 atom stereocenters. The molecule has 0 spiro atoms. The second-order valence-electron chi connectivity index (χ2n) is 3.85. The van der Waals surface area contributed by atoms with Gasteiger partial charge in [-0.1, -0.05) is 12.1 Å². The average molecular weight is 225 g/mol. The number of hydrogen-bond acceptors (Lipinski definition) is 3. The zero-order valence-corrected chi connectivity index (χ0v) is 9.12. The molecule has 0 amide bonds. The van der Waals surface area contributed by atoms with Crippen molar-refractivity contribution >= 4 is 0 Å². The summed E-state index contributed by atoms with van der Waals surface area (Å²) in [6.45, 7) is 1.77. The van der Waals surface area contributed by atoms with Crippen molar-refractivity contribution < 1.29 is 13.9 Å². The molecule has 1 aliphatic heterocycles. The molecule has 1 saturated heterocycles. The van der Waals surface area contributed by atoms with Gasteiger partial charge in [-0.05, 0) is 25.1 Å². The summed E-state index contributed by atoms with van der Waals surface area (Å²) in [4.78, 5) is 0. The Balaban J connectivity index is 2.26. The lowest BCUT2D eigenvalue weighted by Crippen LogP contribution is -2.39. The van der Waals surface area contributed by atoms with Gasteiger partial charge in [-0.2, -0.15) is 0 Å². The van der Waals surface area contributed by atoms with Crippen LogP contribution in [0.2, 0.25) is 0 Å². The van der Waals surface area contributed by atoms with Gasteiger partial charge in [0.2, 0.25) is 0 Å². The molecule has 4 heteroatoms. The summed E-state index contributed by atoms with van der Waals surface area (Å²) in [7, 11) is 0. The van der Waals surface area contributed by atoms with Gasteiger partial charge in [-0.15, -0.1) is 0 Å². The van der Waals surface area contributed by atoms with Crippen molar-refractivity contribution in [3.8, 4) is 0 Å². The molecule has 0 aliphatic carbocycles. The molecule has 1 aromatic carbocycles. The normalized spacial score (nSPS) is 19.6. The van der Waals surface area contributed by atoms with Crippen LogP contribution in [0.4, 0.5) is 4.39 Å². The summed E-state index contributed by atoms with van der Waals surface area (Å²) in [6.07, 6.45) is 1.46. The Morgan fingerprint density at radius 3 is 2.38 bits per heavy atom. The van der Waals surface area contributed by atoms with E-state index in [0.29, 0.717) is 26.2 Å². The third kappa shape index (κ3) is 2.24. The van der Waals surface area contributed by atoms with Crippen molar-refractivity contribution in [1.29, 1.82) is 0 Å². The Morgan fingerprint density at radius 2 is 1.81 bits per heavy atom. The van der Waals surface area contributed by atoms with Crippen molar-refractivity contribution in [2.24, 2.45) is 5.73 Å². The van der Waals surface area contributed by atoms with E-state index in [2.05, 4.69) is 0 Å². The van der Waals surface area contributed by atoms with Crippen LogP contribution in [-0.2, 0) is 15.3 Å². The number of halogens is 1. The number of hydrogen-bond donors (Lipinski definition) is 1. The molecule has 2 rings (SSSR count). The molecule has 0 bridgehead atoms. The van der Waals surface area contributed by atoms with Gasteiger partial charge in [-0.25, -0.2) is 4.39 Å². The van der Waals surface area contributed by atoms with Gasteiger partial charge in [0.25, 0.3) is 0 Å². The second-order valence-corrected chi connectivity index (χ2v) is 3.85. The van der Waals surface area contributed by atoms with Gasteiger partial charge in [0.05, 0.1) is 13.2 Å². The summed E-state index contributed by atoms with van der Waals surface area (Å²) >= 11 is 0. The molecule has 0 aromatic heterocycles. The average Bonchev–Trinajstić information content (AvgIpc) is 2.31. The predicted octanol–water partition coefficient (Wildman–Crippen LogP) is 1.76. The molecule has 1 aliphatic rings. The first-order valence-electron chi connectivity index (χ1n) is 5.51. The van der Waals surface area contributed by atoms with E-state index >= 15 is 0 Å². The Morgan fingerprint density at radius 1 is 1.19 bits per heavy atom. The first-order chi connectivity index (χ1) is 7.77. The molecular weight excluding hydrogens is 209 g/mol. The maximum absolute atomic E-state index is 12.9. The lowest BCUT2D eigenvalue weighted by Gasteiger charge is -2.37. The van der Waals surface area contributed by atoms with E-state index in [0.717, 1.165) is 12.0 Å². The van der Waals surface area contributed by atoms with Crippen LogP contribution in [0.1, 0.15) is 18.4 Å². The molecular formula is C12H16FNO2. The predicted molar refractivity (Wildman–Crippen MR) is 58.3 cm³/mol. The van der Waals surface area contributed by atoms with Crippen LogP contribution in [0, 0.1) is 5.82 Å². The smallest absolute Gasteiger partial charge is 0.195 e. The van der Waals surface area contributed by atoms with E-state index in [-0.39, 0.29) is 5.82 Å². The summed E-state index contributed by atoms with van der Waals surface area (Å²) in [6, 6.07) is 6.20. The maximum atomic E-state index is 12.9. The monoisotopic (exact) mass is 225 g/mol. The van der Waals surface area contributed by atoms with Gasteiger partial charge >= 0.3 is 0 Å². The van der Waals surface area contributed by atoms with Crippen molar-refractivity contribution in [2.75, 3.05) is 19.8 Å². The number of ether oxygens (including phenoxy) is 2. The third-order valence-electron chi connectivity index (χ3n) is 2.72. The molecule has 0 saturated carbocycles. The van der Waals surface area contributed by atoms with E-state index in [1.165, 1.54) is 12.1 Å². The third-order valence-corrected chi connectivity index (χ3v) is 2.72. The first kappa shape index (κ1) is 11.5. The fourth-order valence-corrected chi connectivity index (χ4v) is 1.92. The van der Waals surface area contributed by atoms with Gasteiger partial charge < -0.3 is 15.2 Å². The van der Waals surface area contributed by atoms with E-state index in [1.54, 1.807) is 12.1 Å². The molecule has 0 unspecified atom stereocenters. The molecule has 0 radical (unpaired) electrons. The van der Waals surface area contributed by atoms with Crippen LogP contribution in [0.25, 0.3) is 0 Å². The van der Waals surface area contributed by atoms with Crippen molar-refractivity contribution in [1.82, 2.24) is 0 Å². The van der Waals surface area contributed by atoms with Crippen LogP contribution in [-0.4, -0.2) is 19.8 Å². The highest BCUT2D eigenvalue weighted by Gasteiger charge is 2.35. The SMILES string of the molecule is NCCC1(c2ccc(F)cc2)OCCCO1. The lowest BCUT2D eigenvalue weighted by molar-refractivity contribution is -0.278. The van der Waals surface area contributed by atoms with E-state index < -0.39 is 5.79 Å². The van der Waals surface area contributed by atoms with Gasteiger partial charge in [0.15, 0.2) is 5.79 Å². The zero-order valence-electron chi connectivity index (χ0n) is 9.12. The zero-order chi connectivity index (χ0) is 11.4. The quantitative estimate of drug-likeness (QED) is 0.852. The minimum Gasteiger partial charge on any atom is -0.346 e. The highest BCUT2D eigenvalue weighted by atomic mass is 19.1. The second kappa shape index (κ2) is 4.91. The van der Waals surface area contributed by atoms with Crippen molar-refractivity contribution in [2.45, 2.75) is 18.6 Å². The number of rotatable bonds is 3. The Labute approximate surface area is 94.3 Å². The van der Waals surface area contributed by atoms with E-state index in [1.807, 2.05) is 0 Å². The largest absolute Gasteiger partial charge is 0.346 e. The topological polar surface area (TPSA) is 44.5 Å². The number of nitrogens with two attached hydrogens (primary N) is 1. The minimum absolute atomic E-state index is 0.262. The van der Waals surface area contributed by atoms with E-state index in [4.69, 9.17) is 15.2 Å². The summed E-state index contributed by atoms with van der Waals surface area (Å²) < 4.78 is 24.3. The van der Waals surface area contributed by atoms with E-state index in [9.17, 15) is 4.39 Å². The van der Waals surface area contributed by atoms with Gasteiger partial charge in [0, 0.05) is 12.0 Å². The fourth-order valence-electron chi connectivity index (χ4n) is 1.92. The molecule has 1 heterocycles. The molecule has 2 N–H and O–H groups in total. The van der Waals surface area contributed by atoms with Crippen LogP contribution in [0.5, 0.6) is 0 Å². The van der Waals surface area contributed by atoms with Gasteiger partial charge in [-0.3, -0.25) is 0 Å². The summed E-state index contributed by atoms with van der Waals surface area (Å²) in [5.41, 5.74) is 6.41. The Kier molecular flexibility index (Phi) is 3.53. The highest BCUT2D eigenvalue weighted by molar-refractivity contribution is 5.21. The Bertz CT molecular complexity index is 328. The summed E-state index contributed by atoms with van der Waals surface area (Å²) in [5.74, 6) is -1.04. The molecule has 1 fully saturated rings. The summed E-state index contributed by atoms with van der Waals surface area (Å²) in [5, 5.41) is 0. The van der Waals surface area contributed by atoms with Crippen molar-refractivity contribution in [3.63, 3.8) is 0 Å². The minimum atomic E-state index is -0.777. The lowest BCUT2D eigenvalue weighted by atomic mass is 10.0. The van der Waals surface area contributed by atoms with Crippen LogP contribution in [0.15, 0.2) is 24.3 Å². The highest BCUT2D eigenvalue weighted by Crippen LogP contribution is 2.33.